The van der Waals surface area contributed by atoms with Gasteiger partial charge in [-0.1, -0.05) is 0 Å². The van der Waals surface area contributed by atoms with E-state index in [0.29, 0.717) is 18.6 Å². The molecule has 0 aromatic rings. The van der Waals surface area contributed by atoms with Gasteiger partial charge in [0.2, 0.25) is 11.8 Å². The fourth-order valence-electron chi connectivity index (χ4n) is 3.12. The highest BCUT2D eigenvalue weighted by atomic mass is 32.2. The maximum Gasteiger partial charge on any atom is 0.471 e. The summed E-state index contributed by atoms with van der Waals surface area (Å²) in [5.74, 6) is -3.69. The van der Waals surface area contributed by atoms with E-state index in [0.717, 1.165) is 0 Å². The van der Waals surface area contributed by atoms with Gasteiger partial charge in [0.25, 0.3) is 0 Å². The van der Waals surface area contributed by atoms with E-state index in [1.165, 1.54) is 11.8 Å². The fourth-order valence-corrected chi connectivity index (χ4v) is 4.46. The molecule has 2 heterocycles. The summed E-state index contributed by atoms with van der Waals surface area (Å²) in [5.41, 5.74) is 0. The van der Waals surface area contributed by atoms with Crippen LogP contribution in [0.5, 0.6) is 0 Å². The Balaban J connectivity index is 1.88. The molecule has 164 valence electrons. The molecule has 4 amide bonds. The third-order valence-electron chi connectivity index (χ3n) is 4.55. The number of carbonyl (C=O) groups excluding carboxylic acids is 4. The van der Waals surface area contributed by atoms with Crippen molar-refractivity contribution < 1.29 is 37.1 Å². The van der Waals surface area contributed by atoms with E-state index < -0.39 is 53.4 Å². The second-order valence-corrected chi connectivity index (χ2v) is 7.85. The lowest BCUT2D eigenvalue weighted by atomic mass is 9.94. The van der Waals surface area contributed by atoms with Crippen LogP contribution in [0.4, 0.5) is 18.0 Å². The molecule has 0 bridgehead atoms. The zero-order valence-electron chi connectivity index (χ0n) is 15.6. The van der Waals surface area contributed by atoms with Gasteiger partial charge >= 0.3 is 18.2 Å². The summed E-state index contributed by atoms with van der Waals surface area (Å²) >= 11 is 1.35. The van der Waals surface area contributed by atoms with Crippen molar-refractivity contribution in [2.75, 3.05) is 18.9 Å². The van der Waals surface area contributed by atoms with Crippen LogP contribution in [0.3, 0.4) is 0 Å². The first-order valence-electron chi connectivity index (χ1n) is 9.12. The molecule has 0 aromatic carbocycles. The van der Waals surface area contributed by atoms with Gasteiger partial charge in [-0.15, -0.1) is 11.8 Å². The van der Waals surface area contributed by atoms with E-state index in [9.17, 15) is 32.3 Å². The zero-order chi connectivity index (χ0) is 21.6. The predicted molar refractivity (Wildman–Crippen MR) is 96.4 cm³/mol. The Labute approximate surface area is 169 Å². The molecule has 0 radical (unpaired) electrons. The Morgan fingerprint density at radius 2 is 1.86 bits per heavy atom. The van der Waals surface area contributed by atoms with Crippen molar-refractivity contribution in [3.8, 4) is 0 Å². The van der Waals surface area contributed by atoms with Gasteiger partial charge in [-0.05, 0) is 38.5 Å². The number of amides is 4. The van der Waals surface area contributed by atoms with E-state index in [-0.39, 0.29) is 19.6 Å². The lowest BCUT2D eigenvalue weighted by molar-refractivity contribution is -0.175. The van der Waals surface area contributed by atoms with Crippen LogP contribution < -0.4 is 21.3 Å². The van der Waals surface area contributed by atoms with Crippen LogP contribution >= 0.6 is 11.8 Å². The molecule has 2 rings (SSSR count). The molecule has 4 atom stereocenters. The Bertz CT molecular complexity index is 649. The second kappa shape index (κ2) is 10.1. The van der Waals surface area contributed by atoms with Crippen molar-refractivity contribution in [2.24, 2.45) is 11.8 Å². The first-order valence-corrected chi connectivity index (χ1v) is 10.2. The molecule has 0 aliphatic carbocycles. The Hall–Kier alpha value is -2.02. The third-order valence-corrected chi connectivity index (χ3v) is 5.83. The number of rotatable bonds is 5. The van der Waals surface area contributed by atoms with Gasteiger partial charge in [0.15, 0.2) is 0 Å². The van der Waals surface area contributed by atoms with Gasteiger partial charge in [-0.2, -0.15) is 13.2 Å². The number of hydrogen-bond donors (Lipinski definition) is 4. The lowest BCUT2D eigenvalue weighted by Gasteiger charge is -2.31. The number of ether oxygens (including phenoxy) is 1. The molecule has 2 aliphatic rings. The monoisotopic (exact) mass is 440 g/mol. The number of alkyl carbamates (subject to hydrolysis) is 1. The summed E-state index contributed by atoms with van der Waals surface area (Å²) in [5, 5.41) is 8.85. The highest BCUT2D eigenvalue weighted by Crippen LogP contribution is 2.31. The molecule has 29 heavy (non-hydrogen) atoms. The third kappa shape index (κ3) is 6.77. The molecule has 4 unspecified atom stereocenters. The summed E-state index contributed by atoms with van der Waals surface area (Å²) in [6.07, 6.45) is -6.02. The molecule has 2 fully saturated rings. The van der Waals surface area contributed by atoms with Crippen LogP contribution in [0.1, 0.15) is 26.2 Å². The van der Waals surface area contributed by atoms with Gasteiger partial charge in [0.05, 0.1) is 24.1 Å². The molecule has 0 spiro atoms. The van der Waals surface area contributed by atoms with E-state index >= 15 is 0 Å². The Morgan fingerprint density at radius 3 is 2.52 bits per heavy atom. The molecule has 2 aliphatic heterocycles. The van der Waals surface area contributed by atoms with Gasteiger partial charge in [-0.25, -0.2) is 4.79 Å². The average Bonchev–Trinajstić information content (AvgIpc) is 3.09. The van der Waals surface area contributed by atoms with E-state index in [1.807, 2.05) is 5.32 Å². The minimum atomic E-state index is -5.00. The molecule has 0 saturated carbocycles. The molecular formula is C16H23F3N4O5S. The Kier molecular flexibility index (Phi) is 8.14. The maximum atomic E-state index is 12.6. The van der Waals surface area contributed by atoms with Crippen molar-refractivity contribution in [2.45, 2.75) is 43.9 Å². The van der Waals surface area contributed by atoms with Crippen LogP contribution in [-0.2, 0) is 19.1 Å². The van der Waals surface area contributed by atoms with Crippen molar-refractivity contribution in [3.05, 3.63) is 0 Å². The van der Waals surface area contributed by atoms with Gasteiger partial charge < -0.3 is 15.4 Å². The minimum Gasteiger partial charge on any atom is -0.450 e. The van der Waals surface area contributed by atoms with Crippen LogP contribution in [0.25, 0.3) is 0 Å². The minimum absolute atomic E-state index is 0.00920. The highest BCUT2D eigenvalue weighted by molar-refractivity contribution is 8.00. The fraction of sp³-hybridized carbons (Fsp3) is 0.750. The van der Waals surface area contributed by atoms with Gasteiger partial charge in [0.1, 0.15) is 0 Å². The van der Waals surface area contributed by atoms with Crippen LogP contribution in [0, 0.1) is 11.8 Å². The number of alkyl halides is 3. The summed E-state index contributed by atoms with van der Waals surface area (Å²) in [4.78, 5) is 47.3. The van der Waals surface area contributed by atoms with Crippen molar-refractivity contribution in [1.29, 1.82) is 0 Å². The molecule has 4 N–H and O–H groups in total. The lowest BCUT2D eigenvalue weighted by Crippen LogP contribution is -2.55. The van der Waals surface area contributed by atoms with Crippen molar-refractivity contribution >= 4 is 35.6 Å². The van der Waals surface area contributed by atoms with Crippen LogP contribution in [0.15, 0.2) is 0 Å². The topological polar surface area (TPSA) is 126 Å². The van der Waals surface area contributed by atoms with E-state index in [2.05, 4.69) is 20.7 Å². The predicted octanol–water partition coefficient (Wildman–Crippen LogP) is 0.459. The zero-order valence-corrected chi connectivity index (χ0v) is 16.5. The number of halogens is 3. The Morgan fingerprint density at radius 1 is 1.14 bits per heavy atom. The normalized spacial score (nSPS) is 27.0. The second-order valence-electron chi connectivity index (χ2n) is 6.60. The van der Waals surface area contributed by atoms with Crippen LogP contribution in [-0.4, -0.2) is 60.4 Å². The average molecular weight is 440 g/mol. The number of imide groups is 1. The summed E-state index contributed by atoms with van der Waals surface area (Å²) in [7, 11) is 0. The van der Waals surface area contributed by atoms with Crippen molar-refractivity contribution in [1.82, 2.24) is 21.3 Å². The van der Waals surface area contributed by atoms with Crippen LogP contribution in [0.2, 0.25) is 0 Å². The number of piperidine rings is 1. The molecule has 9 nitrogen and oxygen atoms in total. The first-order chi connectivity index (χ1) is 13.6. The van der Waals surface area contributed by atoms with Crippen molar-refractivity contribution in [3.63, 3.8) is 0 Å². The molecule has 13 heteroatoms. The maximum absolute atomic E-state index is 12.6. The van der Waals surface area contributed by atoms with Gasteiger partial charge in [0, 0.05) is 5.92 Å². The quantitative estimate of drug-likeness (QED) is 0.489. The summed E-state index contributed by atoms with van der Waals surface area (Å²) in [6.45, 7) is 1.97. The van der Waals surface area contributed by atoms with E-state index in [4.69, 9.17) is 0 Å². The SMILES string of the molecule is CCOC(=O)NC(=O)C1CCSC1NC(=O)C1CCNC(NC(=O)C(F)(F)F)C1. The van der Waals surface area contributed by atoms with Gasteiger partial charge in [-0.3, -0.25) is 25.0 Å². The molecule has 0 aromatic heterocycles. The first kappa shape index (κ1) is 23.3. The smallest absolute Gasteiger partial charge is 0.450 e. The number of carbonyl (C=O) groups is 4. The largest absolute Gasteiger partial charge is 0.471 e. The number of nitrogens with one attached hydrogen (secondary N) is 4. The molecular weight excluding hydrogens is 417 g/mol. The number of hydrogen-bond acceptors (Lipinski definition) is 7. The summed E-state index contributed by atoms with van der Waals surface area (Å²) < 4.78 is 41.9. The number of thioether (sulfide) groups is 1. The highest BCUT2D eigenvalue weighted by Gasteiger charge is 2.41. The standard InChI is InChI=1S/C16H23F3N4O5S/c1-2-28-15(27)23-12(25)9-4-6-29-13(9)22-11(24)8-3-5-20-10(7-8)21-14(26)16(17,18)19/h8-10,13,20H,2-7H2,1H3,(H,21,26)(H,22,24)(H,23,25,27). The van der Waals surface area contributed by atoms with E-state index in [1.54, 1.807) is 6.92 Å². The summed E-state index contributed by atoms with van der Waals surface area (Å²) in [6, 6.07) is 0. The molecule has 2 saturated heterocycles.